The van der Waals surface area contributed by atoms with Crippen LogP contribution in [0.2, 0.25) is 0 Å². The van der Waals surface area contributed by atoms with E-state index in [0.29, 0.717) is 0 Å². The highest BCUT2D eigenvalue weighted by Gasteiger charge is 2.11. The number of rotatable bonds is 33. The van der Waals surface area contributed by atoms with Gasteiger partial charge in [0.2, 0.25) is 0 Å². The summed E-state index contributed by atoms with van der Waals surface area (Å²) in [7, 11) is -3.83. The first kappa shape index (κ1) is 43.7. The summed E-state index contributed by atoms with van der Waals surface area (Å²) in [6.07, 6.45) is 40.0. The first-order valence-electron chi connectivity index (χ1n) is 18.3. The molecule has 0 aliphatic heterocycles. The standard InChI is InChI=1S/C34H68O4S.C2H6O/c1-3-5-7-9-11-13-15-17-19-20-22-24-26-28-30-32-34-38-39(35,36)37-33-31-29-27-25-23-21-18-16-14-12-10-8-6-4-2;1-2-3/h17,19H,3-16,18,20-34H2,1-2H3;3H,2H2,1H3/b19-17-;. The molecule has 0 radical (unpaired) electrons. The summed E-state index contributed by atoms with van der Waals surface area (Å²) in [5, 5.41) is 7.57. The van der Waals surface area contributed by atoms with E-state index in [2.05, 4.69) is 26.0 Å². The maximum atomic E-state index is 11.9. The van der Waals surface area contributed by atoms with E-state index in [4.69, 9.17) is 13.5 Å². The Morgan fingerprint density at radius 2 is 0.667 bits per heavy atom. The summed E-state index contributed by atoms with van der Waals surface area (Å²) in [6, 6.07) is 0. The minimum Gasteiger partial charge on any atom is -0.397 e. The van der Waals surface area contributed by atoms with E-state index in [1.807, 2.05) is 0 Å². The molecule has 0 aliphatic rings. The summed E-state index contributed by atoms with van der Waals surface area (Å²) in [4.78, 5) is 0. The van der Waals surface area contributed by atoms with Crippen LogP contribution < -0.4 is 0 Å². The predicted molar refractivity (Wildman–Crippen MR) is 183 cm³/mol. The van der Waals surface area contributed by atoms with Crippen molar-refractivity contribution >= 4 is 10.4 Å². The van der Waals surface area contributed by atoms with Crippen LogP contribution in [0.3, 0.4) is 0 Å². The molecule has 0 aromatic heterocycles. The van der Waals surface area contributed by atoms with Gasteiger partial charge in [0.1, 0.15) is 0 Å². The van der Waals surface area contributed by atoms with Crippen molar-refractivity contribution in [1.29, 1.82) is 0 Å². The summed E-state index contributed by atoms with van der Waals surface area (Å²) in [5.74, 6) is 0. The molecule has 0 fully saturated rings. The zero-order chi connectivity index (χ0) is 31.2. The van der Waals surface area contributed by atoms with Gasteiger partial charge in [-0.1, -0.05) is 167 Å². The zero-order valence-corrected chi connectivity index (χ0v) is 29.4. The Labute approximate surface area is 264 Å². The quantitative estimate of drug-likeness (QED) is 0.0585. The molecule has 1 N–H and O–H groups in total. The van der Waals surface area contributed by atoms with Crippen LogP contribution in [0.1, 0.15) is 201 Å². The van der Waals surface area contributed by atoms with Gasteiger partial charge in [0.05, 0.1) is 13.2 Å². The Bertz CT molecular complexity index is 606. The Balaban J connectivity index is 0. The van der Waals surface area contributed by atoms with E-state index < -0.39 is 10.4 Å². The Hall–Kier alpha value is -0.430. The zero-order valence-electron chi connectivity index (χ0n) is 28.6. The first-order chi connectivity index (χ1) is 20.5. The largest absolute Gasteiger partial charge is 0.399 e. The molecular weight excluding hydrogens is 544 g/mol. The summed E-state index contributed by atoms with van der Waals surface area (Å²) in [6.45, 7) is 6.95. The average Bonchev–Trinajstić information content (AvgIpc) is 2.97. The maximum Gasteiger partial charge on any atom is 0.399 e. The fourth-order valence-corrected chi connectivity index (χ4v) is 5.71. The molecule has 0 saturated heterocycles. The number of hydrogen-bond donors (Lipinski definition) is 1. The molecule has 0 amide bonds. The van der Waals surface area contributed by atoms with Crippen molar-refractivity contribution in [2.45, 2.75) is 201 Å². The van der Waals surface area contributed by atoms with Crippen LogP contribution in [0.15, 0.2) is 12.2 Å². The van der Waals surface area contributed by atoms with Gasteiger partial charge in [-0.2, -0.15) is 8.42 Å². The van der Waals surface area contributed by atoms with Crippen LogP contribution in [-0.4, -0.2) is 33.3 Å². The number of allylic oxidation sites excluding steroid dienone is 2. The van der Waals surface area contributed by atoms with Crippen LogP contribution in [0, 0.1) is 0 Å². The SMILES string of the molecule is CCCCCCCC/C=C\CCCCCCCCOS(=O)(=O)OCCCCCCCCCCCCCCCC.CCO. The molecule has 254 valence electrons. The van der Waals surface area contributed by atoms with Crippen LogP contribution in [0.25, 0.3) is 0 Å². The van der Waals surface area contributed by atoms with Crippen molar-refractivity contribution in [3.63, 3.8) is 0 Å². The predicted octanol–water partition coefficient (Wildman–Crippen LogP) is 11.8. The minimum atomic E-state index is -3.83. The monoisotopic (exact) mass is 619 g/mol. The topological polar surface area (TPSA) is 72.8 Å². The van der Waals surface area contributed by atoms with E-state index in [-0.39, 0.29) is 19.8 Å². The van der Waals surface area contributed by atoms with Gasteiger partial charge in [-0.15, -0.1) is 0 Å². The van der Waals surface area contributed by atoms with Gasteiger partial charge < -0.3 is 5.11 Å². The van der Waals surface area contributed by atoms with Crippen molar-refractivity contribution < 1.29 is 21.9 Å². The van der Waals surface area contributed by atoms with E-state index >= 15 is 0 Å². The molecule has 42 heavy (non-hydrogen) atoms. The second-order valence-corrected chi connectivity index (χ2v) is 13.2. The van der Waals surface area contributed by atoms with Gasteiger partial charge in [-0.25, -0.2) is 8.37 Å². The highest BCUT2D eigenvalue weighted by molar-refractivity contribution is 7.81. The van der Waals surface area contributed by atoms with Crippen LogP contribution >= 0.6 is 0 Å². The second-order valence-electron chi connectivity index (χ2n) is 11.9. The van der Waals surface area contributed by atoms with Crippen molar-refractivity contribution in [1.82, 2.24) is 0 Å². The summed E-state index contributed by atoms with van der Waals surface area (Å²) < 4.78 is 33.8. The molecule has 0 rings (SSSR count). The van der Waals surface area contributed by atoms with E-state index in [1.165, 1.54) is 141 Å². The molecule has 0 aromatic carbocycles. The van der Waals surface area contributed by atoms with Crippen molar-refractivity contribution in [2.24, 2.45) is 0 Å². The lowest BCUT2D eigenvalue weighted by molar-refractivity contribution is 0.208. The van der Waals surface area contributed by atoms with Gasteiger partial charge in [0, 0.05) is 6.61 Å². The van der Waals surface area contributed by atoms with Crippen molar-refractivity contribution in [2.75, 3.05) is 19.8 Å². The molecule has 0 aromatic rings. The third-order valence-electron chi connectivity index (χ3n) is 7.61. The fraction of sp³-hybridized carbons (Fsp3) is 0.944. The van der Waals surface area contributed by atoms with Crippen molar-refractivity contribution in [3.8, 4) is 0 Å². The minimum absolute atomic E-state index is 0.238. The highest BCUT2D eigenvalue weighted by atomic mass is 32.3. The molecule has 6 heteroatoms. The molecule has 0 spiro atoms. The first-order valence-corrected chi connectivity index (χ1v) is 19.7. The van der Waals surface area contributed by atoms with E-state index in [1.54, 1.807) is 6.92 Å². The lowest BCUT2D eigenvalue weighted by atomic mass is 10.0. The third-order valence-corrected chi connectivity index (χ3v) is 8.52. The molecule has 0 heterocycles. The Morgan fingerprint density at radius 3 is 0.952 bits per heavy atom. The van der Waals surface area contributed by atoms with Crippen LogP contribution in [-0.2, 0) is 18.8 Å². The lowest BCUT2D eigenvalue weighted by Crippen LogP contribution is -2.12. The molecule has 0 saturated carbocycles. The molecule has 0 atom stereocenters. The van der Waals surface area contributed by atoms with Gasteiger partial charge in [0.25, 0.3) is 0 Å². The molecule has 0 unspecified atom stereocenters. The van der Waals surface area contributed by atoms with Crippen LogP contribution in [0.4, 0.5) is 0 Å². The van der Waals surface area contributed by atoms with Crippen molar-refractivity contribution in [3.05, 3.63) is 12.2 Å². The fourth-order valence-electron chi connectivity index (χ4n) is 5.00. The van der Waals surface area contributed by atoms with Gasteiger partial charge >= 0.3 is 10.4 Å². The van der Waals surface area contributed by atoms with Gasteiger partial charge in [0.15, 0.2) is 0 Å². The van der Waals surface area contributed by atoms with Gasteiger partial charge in [-0.05, 0) is 45.4 Å². The molecule has 0 bridgehead atoms. The van der Waals surface area contributed by atoms with E-state index in [9.17, 15) is 8.42 Å². The Morgan fingerprint density at radius 1 is 0.429 bits per heavy atom. The average molecular weight is 619 g/mol. The number of unbranched alkanes of at least 4 members (excludes halogenated alkanes) is 25. The normalized spacial score (nSPS) is 11.7. The molecule has 5 nitrogen and oxygen atoms in total. The highest BCUT2D eigenvalue weighted by Crippen LogP contribution is 2.14. The third kappa shape index (κ3) is 41.7. The molecule has 0 aliphatic carbocycles. The van der Waals surface area contributed by atoms with Crippen LogP contribution in [0.5, 0.6) is 0 Å². The van der Waals surface area contributed by atoms with Gasteiger partial charge in [-0.3, -0.25) is 0 Å². The van der Waals surface area contributed by atoms with E-state index in [0.717, 1.165) is 38.5 Å². The second kappa shape index (κ2) is 38.6. The summed E-state index contributed by atoms with van der Waals surface area (Å²) >= 11 is 0. The summed E-state index contributed by atoms with van der Waals surface area (Å²) in [5.41, 5.74) is 0. The lowest BCUT2D eigenvalue weighted by Gasteiger charge is -2.06. The Kier molecular flexibility index (Phi) is 40.2. The smallest absolute Gasteiger partial charge is 0.397 e. The number of aliphatic hydroxyl groups is 1. The maximum absolute atomic E-state index is 11.9. The number of aliphatic hydroxyl groups excluding tert-OH is 1. The molecular formula is C36H74O5S. The number of hydrogen-bond acceptors (Lipinski definition) is 5.